The minimum absolute atomic E-state index is 0.0164. The van der Waals surface area contributed by atoms with E-state index in [2.05, 4.69) is 17.2 Å². The van der Waals surface area contributed by atoms with E-state index in [-0.39, 0.29) is 17.6 Å². The van der Waals surface area contributed by atoms with E-state index in [0.29, 0.717) is 18.7 Å². The molecule has 1 fully saturated rings. The Morgan fingerprint density at radius 2 is 2.29 bits per heavy atom. The van der Waals surface area contributed by atoms with Crippen molar-refractivity contribution in [2.75, 3.05) is 13.2 Å². The second-order valence-corrected chi connectivity index (χ2v) is 5.73. The van der Waals surface area contributed by atoms with Gasteiger partial charge in [0.15, 0.2) is 0 Å². The van der Waals surface area contributed by atoms with E-state index >= 15 is 0 Å². The van der Waals surface area contributed by atoms with Crippen molar-refractivity contribution in [2.24, 2.45) is 5.73 Å². The van der Waals surface area contributed by atoms with Gasteiger partial charge in [-0.15, -0.1) is 0 Å². The Hall–Kier alpha value is -1.83. The third kappa shape index (κ3) is 3.63. The maximum Gasteiger partial charge on any atom is 0.251 e. The maximum atomic E-state index is 12.5. The summed E-state index contributed by atoms with van der Waals surface area (Å²) in [5, 5.41) is 3.10. The van der Waals surface area contributed by atoms with Crippen molar-refractivity contribution in [1.82, 2.24) is 5.32 Å². The number of hydrogen-bond donors (Lipinski definition) is 2. The average Bonchev–Trinajstić information content (AvgIpc) is 2.75. The van der Waals surface area contributed by atoms with Gasteiger partial charge in [-0.25, -0.2) is 0 Å². The first-order valence-electron chi connectivity index (χ1n) is 7.19. The maximum absolute atomic E-state index is 12.5. The molecule has 0 radical (unpaired) electrons. The lowest BCUT2D eigenvalue weighted by molar-refractivity contribution is 0.0727. The van der Waals surface area contributed by atoms with Gasteiger partial charge in [-0.2, -0.15) is 0 Å². The smallest absolute Gasteiger partial charge is 0.251 e. The molecule has 1 heterocycles. The highest BCUT2D eigenvalue weighted by Crippen LogP contribution is 2.25. The molecule has 2 atom stereocenters. The standard InChI is InChI=1S/C17H22N2O2/c1-12-9-14(5-4-7-18)11-15(10-12)16(20)19-17(3)6-8-21-13(17)2/h9-11,13H,6-8,18H2,1-3H3,(H,19,20). The summed E-state index contributed by atoms with van der Waals surface area (Å²) >= 11 is 0. The predicted octanol–water partition coefficient (Wildman–Crippen LogP) is 1.60. The monoisotopic (exact) mass is 286 g/mol. The molecule has 3 N–H and O–H groups in total. The van der Waals surface area contributed by atoms with Crippen LogP contribution in [0, 0.1) is 18.8 Å². The van der Waals surface area contributed by atoms with Crippen LogP contribution in [-0.4, -0.2) is 30.7 Å². The third-order valence-corrected chi connectivity index (χ3v) is 3.96. The highest BCUT2D eigenvalue weighted by Gasteiger charge is 2.38. The molecule has 1 aliphatic rings. The molecule has 0 bridgehead atoms. The van der Waals surface area contributed by atoms with Gasteiger partial charge in [-0.05, 0) is 51.0 Å². The van der Waals surface area contributed by atoms with E-state index in [9.17, 15) is 4.79 Å². The Morgan fingerprint density at radius 1 is 1.52 bits per heavy atom. The number of aryl methyl sites for hydroxylation is 1. The summed E-state index contributed by atoms with van der Waals surface area (Å²) in [6.07, 6.45) is 0.841. The second kappa shape index (κ2) is 6.30. The molecule has 0 saturated carbocycles. The van der Waals surface area contributed by atoms with Crippen LogP contribution in [0.5, 0.6) is 0 Å². The molecule has 0 aromatic heterocycles. The molecule has 1 aromatic rings. The first-order valence-corrected chi connectivity index (χ1v) is 7.19. The van der Waals surface area contributed by atoms with E-state index in [0.717, 1.165) is 17.5 Å². The largest absolute Gasteiger partial charge is 0.376 e. The zero-order valence-electron chi connectivity index (χ0n) is 12.8. The summed E-state index contributed by atoms with van der Waals surface area (Å²) in [5.74, 6) is 5.70. The molecule has 21 heavy (non-hydrogen) atoms. The van der Waals surface area contributed by atoms with Gasteiger partial charge < -0.3 is 15.8 Å². The lowest BCUT2D eigenvalue weighted by atomic mass is 9.94. The van der Waals surface area contributed by atoms with Gasteiger partial charge in [0.2, 0.25) is 0 Å². The number of rotatable bonds is 2. The lowest BCUT2D eigenvalue weighted by Gasteiger charge is -2.29. The molecular formula is C17H22N2O2. The Labute approximate surface area is 126 Å². The summed E-state index contributed by atoms with van der Waals surface area (Å²) in [5.41, 5.74) is 7.51. The van der Waals surface area contributed by atoms with Crippen molar-refractivity contribution in [3.63, 3.8) is 0 Å². The van der Waals surface area contributed by atoms with Gasteiger partial charge in [0.25, 0.3) is 5.91 Å². The van der Waals surface area contributed by atoms with Crippen LogP contribution in [0.1, 0.15) is 41.8 Å². The Kier molecular flexibility index (Phi) is 4.66. The van der Waals surface area contributed by atoms with Crippen LogP contribution in [-0.2, 0) is 4.74 Å². The zero-order chi connectivity index (χ0) is 15.5. The van der Waals surface area contributed by atoms with Gasteiger partial charge in [-0.1, -0.05) is 11.8 Å². The molecule has 4 nitrogen and oxygen atoms in total. The number of ether oxygens (including phenoxy) is 1. The molecule has 2 rings (SSSR count). The summed E-state index contributed by atoms with van der Waals surface area (Å²) in [7, 11) is 0. The fraction of sp³-hybridized carbons (Fsp3) is 0.471. The van der Waals surface area contributed by atoms with Crippen molar-refractivity contribution in [1.29, 1.82) is 0 Å². The Bertz CT molecular complexity index is 601. The van der Waals surface area contributed by atoms with Crippen LogP contribution in [0.15, 0.2) is 18.2 Å². The number of nitrogens with one attached hydrogen (secondary N) is 1. The molecule has 1 aromatic carbocycles. The van der Waals surface area contributed by atoms with E-state index in [1.807, 2.05) is 32.9 Å². The summed E-state index contributed by atoms with van der Waals surface area (Å²) in [6.45, 7) is 6.95. The fourth-order valence-corrected chi connectivity index (χ4v) is 2.47. The molecular weight excluding hydrogens is 264 g/mol. The van der Waals surface area contributed by atoms with Crippen LogP contribution in [0.2, 0.25) is 0 Å². The third-order valence-electron chi connectivity index (χ3n) is 3.96. The van der Waals surface area contributed by atoms with Crippen molar-refractivity contribution < 1.29 is 9.53 Å². The average molecular weight is 286 g/mol. The predicted molar refractivity (Wildman–Crippen MR) is 83.0 cm³/mol. The number of benzene rings is 1. The van der Waals surface area contributed by atoms with E-state index in [4.69, 9.17) is 10.5 Å². The molecule has 1 saturated heterocycles. The molecule has 2 unspecified atom stereocenters. The molecule has 0 aliphatic carbocycles. The lowest BCUT2D eigenvalue weighted by Crippen LogP contribution is -2.50. The second-order valence-electron chi connectivity index (χ2n) is 5.73. The minimum atomic E-state index is -0.316. The van der Waals surface area contributed by atoms with E-state index in [1.165, 1.54) is 0 Å². The molecule has 1 amide bonds. The number of hydrogen-bond acceptors (Lipinski definition) is 3. The summed E-state index contributed by atoms with van der Waals surface area (Å²) in [4.78, 5) is 12.5. The van der Waals surface area contributed by atoms with Crippen molar-refractivity contribution in [3.8, 4) is 11.8 Å². The van der Waals surface area contributed by atoms with Gasteiger partial charge in [0.05, 0.1) is 18.2 Å². The van der Waals surface area contributed by atoms with Crippen LogP contribution in [0.25, 0.3) is 0 Å². The molecule has 112 valence electrons. The molecule has 4 heteroatoms. The number of nitrogens with two attached hydrogens (primary N) is 1. The first kappa shape index (κ1) is 15.6. The highest BCUT2D eigenvalue weighted by molar-refractivity contribution is 5.95. The van der Waals surface area contributed by atoms with E-state index in [1.54, 1.807) is 6.07 Å². The first-order chi connectivity index (χ1) is 9.94. The van der Waals surface area contributed by atoms with Gasteiger partial charge in [0.1, 0.15) is 0 Å². The number of carbonyl (C=O) groups is 1. The quantitative estimate of drug-likeness (QED) is 0.812. The number of amides is 1. The Morgan fingerprint density at radius 3 is 2.90 bits per heavy atom. The highest BCUT2D eigenvalue weighted by atomic mass is 16.5. The van der Waals surface area contributed by atoms with Gasteiger partial charge in [0, 0.05) is 17.7 Å². The SMILES string of the molecule is Cc1cc(C#CCN)cc(C(=O)NC2(C)CCOC2C)c1. The van der Waals surface area contributed by atoms with Gasteiger partial charge >= 0.3 is 0 Å². The van der Waals surface area contributed by atoms with Crippen LogP contribution in [0.4, 0.5) is 0 Å². The van der Waals surface area contributed by atoms with Crippen LogP contribution >= 0.6 is 0 Å². The van der Waals surface area contributed by atoms with Crippen molar-refractivity contribution >= 4 is 5.91 Å². The molecule has 0 spiro atoms. The summed E-state index contributed by atoms with van der Waals surface area (Å²) < 4.78 is 5.55. The van der Waals surface area contributed by atoms with Crippen LogP contribution < -0.4 is 11.1 Å². The van der Waals surface area contributed by atoms with E-state index < -0.39 is 0 Å². The fourth-order valence-electron chi connectivity index (χ4n) is 2.47. The number of carbonyl (C=O) groups excluding carboxylic acids is 1. The zero-order valence-corrected chi connectivity index (χ0v) is 12.8. The van der Waals surface area contributed by atoms with Crippen LogP contribution in [0.3, 0.4) is 0 Å². The normalized spacial score (nSPS) is 24.3. The molecule has 1 aliphatic heterocycles. The Balaban J connectivity index is 2.21. The minimum Gasteiger partial charge on any atom is -0.376 e. The van der Waals surface area contributed by atoms with Gasteiger partial charge in [-0.3, -0.25) is 4.79 Å². The van der Waals surface area contributed by atoms with Crippen molar-refractivity contribution in [2.45, 2.75) is 38.8 Å². The van der Waals surface area contributed by atoms with Crippen molar-refractivity contribution in [3.05, 3.63) is 34.9 Å². The summed E-state index contributed by atoms with van der Waals surface area (Å²) in [6, 6.07) is 5.62. The topological polar surface area (TPSA) is 64.4 Å².